The second-order valence-electron chi connectivity index (χ2n) is 6.32. The van der Waals surface area contributed by atoms with Gasteiger partial charge in [-0.05, 0) is 6.42 Å². The molecule has 1 rings (SSSR count). The van der Waals surface area contributed by atoms with Crippen LogP contribution in [0.5, 0.6) is 0 Å². The lowest BCUT2D eigenvalue weighted by Gasteiger charge is -2.26. The maximum Gasteiger partial charge on any atom is 0.243 e. The van der Waals surface area contributed by atoms with E-state index in [0.717, 1.165) is 58.3 Å². The van der Waals surface area contributed by atoms with Gasteiger partial charge < -0.3 is 20.3 Å². The molecule has 0 aromatic heterocycles. The standard InChI is InChI=1S/C17H35N5O2/c1-4-5-6-7-8-18-17(20-15-16(23)21(2)3)19-9-10-22-11-13-24-14-12-22/h4-15H2,1-3H3,(H2,18,19,20). The van der Waals surface area contributed by atoms with Gasteiger partial charge in [0.15, 0.2) is 5.96 Å². The van der Waals surface area contributed by atoms with Crippen molar-refractivity contribution < 1.29 is 9.53 Å². The molecule has 2 N–H and O–H groups in total. The number of morpholine rings is 1. The predicted molar refractivity (Wildman–Crippen MR) is 98.4 cm³/mol. The number of likely N-dealkylation sites (N-methyl/N-ethyl adjacent to an activating group) is 1. The van der Waals surface area contributed by atoms with Crippen LogP contribution in [0.15, 0.2) is 4.99 Å². The third kappa shape index (κ3) is 9.72. The van der Waals surface area contributed by atoms with Crippen LogP contribution in [0.2, 0.25) is 0 Å². The molecular weight excluding hydrogens is 306 g/mol. The van der Waals surface area contributed by atoms with Crippen LogP contribution >= 0.6 is 0 Å². The second kappa shape index (κ2) is 13.0. The van der Waals surface area contributed by atoms with Gasteiger partial charge in [-0.1, -0.05) is 26.2 Å². The molecule has 0 unspecified atom stereocenters. The van der Waals surface area contributed by atoms with Gasteiger partial charge in [0.1, 0.15) is 6.54 Å². The first-order valence-corrected chi connectivity index (χ1v) is 9.16. The molecule has 0 saturated carbocycles. The predicted octanol–water partition coefficient (Wildman–Crippen LogP) is 0.522. The molecule has 0 bridgehead atoms. The van der Waals surface area contributed by atoms with E-state index < -0.39 is 0 Å². The van der Waals surface area contributed by atoms with Gasteiger partial charge in [-0.25, -0.2) is 4.99 Å². The van der Waals surface area contributed by atoms with E-state index in [0.29, 0.717) is 0 Å². The summed E-state index contributed by atoms with van der Waals surface area (Å²) in [5.74, 6) is 0.741. The lowest BCUT2D eigenvalue weighted by Crippen LogP contribution is -2.45. The van der Waals surface area contributed by atoms with E-state index in [-0.39, 0.29) is 12.5 Å². The molecule has 0 aliphatic carbocycles. The minimum Gasteiger partial charge on any atom is -0.379 e. The van der Waals surface area contributed by atoms with Crippen LogP contribution in [0.25, 0.3) is 0 Å². The van der Waals surface area contributed by atoms with E-state index in [2.05, 4.69) is 27.4 Å². The zero-order chi connectivity index (χ0) is 17.6. The molecular formula is C17H35N5O2. The summed E-state index contributed by atoms with van der Waals surface area (Å²) in [5, 5.41) is 6.67. The van der Waals surface area contributed by atoms with Crippen molar-refractivity contribution in [2.75, 3.05) is 66.6 Å². The second-order valence-corrected chi connectivity index (χ2v) is 6.32. The monoisotopic (exact) mass is 341 g/mol. The van der Waals surface area contributed by atoms with Crippen molar-refractivity contribution in [1.82, 2.24) is 20.4 Å². The quantitative estimate of drug-likeness (QED) is 0.344. The van der Waals surface area contributed by atoms with Crippen molar-refractivity contribution >= 4 is 11.9 Å². The van der Waals surface area contributed by atoms with Crippen LogP contribution in [0.3, 0.4) is 0 Å². The summed E-state index contributed by atoms with van der Waals surface area (Å²) < 4.78 is 5.36. The van der Waals surface area contributed by atoms with E-state index in [1.165, 1.54) is 19.3 Å². The Morgan fingerprint density at radius 2 is 1.83 bits per heavy atom. The highest BCUT2D eigenvalue weighted by Crippen LogP contribution is 1.97. The molecule has 24 heavy (non-hydrogen) atoms. The fourth-order valence-corrected chi connectivity index (χ4v) is 2.38. The Kier molecular flexibility index (Phi) is 11.2. The molecule has 0 atom stereocenters. The van der Waals surface area contributed by atoms with Crippen molar-refractivity contribution in [1.29, 1.82) is 0 Å². The smallest absolute Gasteiger partial charge is 0.243 e. The van der Waals surface area contributed by atoms with Crippen molar-refractivity contribution in [3.8, 4) is 0 Å². The highest BCUT2D eigenvalue weighted by molar-refractivity contribution is 5.84. The molecule has 0 aromatic carbocycles. The summed E-state index contributed by atoms with van der Waals surface area (Å²) in [6.45, 7) is 8.64. The lowest BCUT2D eigenvalue weighted by atomic mass is 10.2. The normalized spacial score (nSPS) is 16.0. The first-order chi connectivity index (χ1) is 11.6. The molecule has 1 fully saturated rings. The molecule has 7 heteroatoms. The Balaban J connectivity index is 2.34. The largest absolute Gasteiger partial charge is 0.379 e. The number of hydrogen-bond acceptors (Lipinski definition) is 4. The Hall–Kier alpha value is -1.34. The van der Waals surface area contributed by atoms with Crippen molar-refractivity contribution in [3.63, 3.8) is 0 Å². The van der Waals surface area contributed by atoms with Crippen molar-refractivity contribution in [2.45, 2.75) is 32.6 Å². The van der Waals surface area contributed by atoms with Gasteiger partial charge in [0.25, 0.3) is 0 Å². The number of carbonyl (C=O) groups is 1. The summed E-state index contributed by atoms with van der Waals surface area (Å²) in [6, 6.07) is 0. The number of rotatable bonds is 10. The molecule has 0 radical (unpaired) electrons. The zero-order valence-corrected chi connectivity index (χ0v) is 15.6. The molecule has 1 amide bonds. The van der Waals surface area contributed by atoms with Crippen molar-refractivity contribution in [2.24, 2.45) is 4.99 Å². The van der Waals surface area contributed by atoms with Crippen LogP contribution in [0.1, 0.15) is 32.6 Å². The van der Waals surface area contributed by atoms with Crippen molar-refractivity contribution in [3.05, 3.63) is 0 Å². The number of unbranched alkanes of at least 4 members (excludes halogenated alkanes) is 3. The first-order valence-electron chi connectivity index (χ1n) is 9.16. The summed E-state index contributed by atoms with van der Waals surface area (Å²) in [7, 11) is 3.50. The number of nitrogens with zero attached hydrogens (tertiary/aromatic N) is 3. The number of carbonyl (C=O) groups excluding carboxylic acids is 1. The van der Waals surface area contributed by atoms with E-state index in [9.17, 15) is 4.79 Å². The molecule has 1 aliphatic rings. The van der Waals surface area contributed by atoms with Crippen LogP contribution in [-0.4, -0.2) is 88.2 Å². The number of ether oxygens (including phenoxy) is 1. The van der Waals surface area contributed by atoms with Crippen LogP contribution in [0, 0.1) is 0 Å². The van der Waals surface area contributed by atoms with Gasteiger partial charge in [-0.3, -0.25) is 9.69 Å². The number of aliphatic imine (C=N–C) groups is 1. The van der Waals surface area contributed by atoms with Gasteiger partial charge in [0.05, 0.1) is 13.2 Å². The molecule has 0 aromatic rings. The van der Waals surface area contributed by atoms with Gasteiger partial charge in [0.2, 0.25) is 5.91 Å². The third-order valence-corrected chi connectivity index (χ3v) is 4.02. The van der Waals surface area contributed by atoms with Gasteiger partial charge in [0, 0.05) is 46.8 Å². The van der Waals surface area contributed by atoms with Gasteiger partial charge >= 0.3 is 0 Å². The highest BCUT2D eigenvalue weighted by atomic mass is 16.5. The molecule has 140 valence electrons. The zero-order valence-electron chi connectivity index (χ0n) is 15.6. The molecule has 1 saturated heterocycles. The number of amides is 1. The maximum absolute atomic E-state index is 11.7. The van der Waals surface area contributed by atoms with Gasteiger partial charge in [-0.2, -0.15) is 0 Å². The summed E-state index contributed by atoms with van der Waals surface area (Å²) >= 11 is 0. The number of guanidine groups is 1. The minimum absolute atomic E-state index is 0.00950. The van der Waals surface area contributed by atoms with Crippen LogP contribution < -0.4 is 10.6 Å². The number of hydrogen-bond donors (Lipinski definition) is 2. The Morgan fingerprint density at radius 1 is 1.12 bits per heavy atom. The van der Waals surface area contributed by atoms with E-state index >= 15 is 0 Å². The topological polar surface area (TPSA) is 69.2 Å². The summed E-state index contributed by atoms with van der Waals surface area (Å²) in [6.07, 6.45) is 4.84. The summed E-state index contributed by atoms with van der Waals surface area (Å²) in [5.41, 5.74) is 0. The van der Waals surface area contributed by atoms with E-state index in [4.69, 9.17) is 4.74 Å². The average Bonchev–Trinajstić information content (AvgIpc) is 2.59. The van der Waals surface area contributed by atoms with E-state index in [1.807, 2.05) is 0 Å². The number of nitrogens with one attached hydrogen (secondary N) is 2. The minimum atomic E-state index is 0.00950. The Bertz CT molecular complexity index is 368. The highest BCUT2D eigenvalue weighted by Gasteiger charge is 2.10. The van der Waals surface area contributed by atoms with Crippen LogP contribution in [0.4, 0.5) is 0 Å². The average molecular weight is 342 g/mol. The Labute approximate surface area is 146 Å². The molecule has 1 heterocycles. The fourth-order valence-electron chi connectivity index (χ4n) is 2.38. The Morgan fingerprint density at radius 3 is 2.50 bits per heavy atom. The lowest BCUT2D eigenvalue weighted by molar-refractivity contribution is -0.127. The SMILES string of the molecule is CCCCCCNC(=NCC(=O)N(C)C)NCCN1CCOCC1. The molecule has 7 nitrogen and oxygen atoms in total. The van der Waals surface area contributed by atoms with Crippen LogP contribution in [-0.2, 0) is 9.53 Å². The van der Waals surface area contributed by atoms with E-state index in [1.54, 1.807) is 19.0 Å². The molecule has 0 spiro atoms. The van der Waals surface area contributed by atoms with Gasteiger partial charge in [-0.15, -0.1) is 0 Å². The maximum atomic E-state index is 11.7. The summed E-state index contributed by atoms with van der Waals surface area (Å²) in [4.78, 5) is 20.1. The third-order valence-electron chi connectivity index (χ3n) is 4.02. The fraction of sp³-hybridized carbons (Fsp3) is 0.882. The first kappa shape index (κ1) is 20.7. The molecule has 1 aliphatic heterocycles.